The number of nitrogens with one attached hydrogen (secondary N) is 1. The highest BCUT2D eigenvalue weighted by molar-refractivity contribution is 5.81. The van der Waals surface area contributed by atoms with Crippen LogP contribution in [0.2, 0.25) is 0 Å². The number of rotatable bonds is 3. The van der Waals surface area contributed by atoms with Crippen LogP contribution in [0.5, 0.6) is 0 Å². The molecule has 130 valence electrons. The molecular formula is C18H26N4O2. The molecule has 1 aromatic heterocycles. The molecule has 2 N–H and O–H groups in total. The number of piperidine rings is 1. The predicted octanol–water partition coefficient (Wildman–Crippen LogP) is 2.32. The molecule has 0 radical (unpaired) electrons. The highest BCUT2D eigenvalue weighted by atomic mass is 16.3. The number of carbonyl (C=O) groups is 1. The van der Waals surface area contributed by atoms with Gasteiger partial charge in [-0.15, -0.1) is 0 Å². The molecule has 2 aliphatic heterocycles. The molecule has 2 atom stereocenters. The van der Waals surface area contributed by atoms with Gasteiger partial charge >= 0.3 is 0 Å². The minimum absolute atomic E-state index is 0.250. The van der Waals surface area contributed by atoms with Crippen LogP contribution in [-0.4, -0.2) is 63.8 Å². The lowest BCUT2D eigenvalue weighted by molar-refractivity contribution is -0.122. The lowest BCUT2D eigenvalue weighted by Gasteiger charge is -2.40. The average molecular weight is 330 g/mol. The first kappa shape index (κ1) is 16.9. The van der Waals surface area contributed by atoms with Crippen molar-refractivity contribution in [2.24, 2.45) is 0 Å². The van der Waals surface area contributed by atoms with Gasteiger partial charge < -0.3 is 10.0 Å². The summed E-state index contributed by atoms with van der Waals surface area (Å²) < 4.78 is 0. The van der Waals surface area contributed by atoms with Crippen molar-refractivity contribution in [1.29, 1.82) is 0 Å². The zero-order valence-corrected chi connectivity index (χ0v) is 14.4. The number of aromatic nitrogens is 2. The quantitative estimate of drug-likeness (QED) is 0.845. The summed E-state index contributed by atoms with van der Waals surface area (Å²) in [6, 6.07) is 10.7. The van der Waals surface area contributed by atoms with Crippen LogP contribution in [0, 0.1) is 0 Å². The maximum Gasteiger partial charge on any atom is 0.290 e. The topological polar surface area (TPSA) is 72.5 Å². The van der Waals surface area contributed by atoms with Gasteiger partial charge in [0.25, 0.3) is 6.47 Å². The summed E-state index contributed by atoms with van der Waals surface area (Å²) in [4.78, 5) is 13.5. The lowest BCUT2D eigenvalue weighted by atomic mass is 9.96. The first-order chi connectivity index (χ1) is 11.6. The van der Waals surface area contributed by atoms with E-state index in [0.717, 1.165) is 24.1 Å². The SMILES string of the molecule is CN(Cc1n[nH]c2ccccc12)C1CC2CCC(C1)N2C.O=CO. The zero-order valence-electron chi connectivity index (χ0n) is 14.4. The van der Waals surface area contributed by atoms with Crippen LogP contribution in [0.3, 0.4) is 0 Å². The fourth-order valence-electron chi connectivity index (χ4n) is 4.25. The third-order valence-electron chi connectivity index (χ3n) is 5.65. The molecular weight excluding hydrogens is 304 g/mol. The summed E-state index contributed by atoms with van der Waals surface area (Å²) in [5.74, 6) is 0. The molecule has 0 amide bonds. The van der Waals surface area contributed by atoms with Gasteiger partial charge in [-0.3, -0.25) is 14.8 Å². The highest BCUT2D eigenvalue weighted by Gasteiger charge is 2.39. The molecule has 0 saturated carbocycles. The molecule has 4 rings (SSSR count). The summed E-state index contributed by atoms with van der Waals surface area (Å²) in [5, 5.41) is 15.8. The smallest absolute Gasteiger partial charge is 0.290 e. The van der Waals surface area contributed by atoms with Crippen molar-refractivity contribution < 1.29 is 9.90 Å². The van der Waals surface area contributed by atoms with Gasteiger partial charge in [-0.25, -0.2) is 0 Å². The van der Waals surface area contributed by atoms with Crippen molar-refractivity contribution in [3.05, 3.63) is 30.0 Å². The number of benzene rings is 1. The molecule has 0 spiro atoms. The third-order valence-corrected chi connectivity index (χ3v) is 5.65. The Morgan fingerprint density at radius 1 is 1.33 bits per heavy atom. The Labute approximate surface area is 142 Å². The highest BCUT2D eigenvalue weighted by Crippen LogP contribution is 2.36. The average Bonchev–Trinajstić information content (AvgIpc) is 3.04. The van der Waals surface area contributed by atoms with Crippen molar-refractivity contribution in [3.63, 3.8) is 0 Å². The maximum absolute atomic E-state index is 8.36. The number of carboxylic acid groups (broad SMARTS) is 1. The van der Waals surface area contributed by atoms with E-state index in [1.165, 1.54) is 36.8 Å². The lowest BCUT2D eigenvalue weighted by Crippen LogP contribution is -2.47. The molecule has 2 saturated heterocycles. The predicted molar refractivity (Wildman–Crippen MR) is 93.8 cm³/mol. The Morgan fingerprint density at radius 3 is 2.62 bits per heavy atom. The largest absolute Gasteiger partial charge is 0.483 e. The molecule has 3 heterocycles. The first-order valence-electron chi connectivity index (χ1n) is 8.56. The molecule has 2 unspecified atom stereocenters. The molecule has 24 heavy (non-hydrogen) atoms. The van der Waals surface area contributed by atoms with Gasteiger partial charge in [0.05, 0.1) is 11.2 Å². The molecule has 1 aromatic carbocycles. The summed E-state index contributed by atoms with van der Waals surface area (Å²) in [6.45, 7) is 0.692. The van der Waals surface area contributed by atoms with Crippen LogP contribution in [0.1, 0.15) is 31.4 Å². The fraction of sp³-hybridized carbons (Fsp3) is 0.556. The number of hydrogen-bond donors (Lipinski definition) is 2. The van der Waals surface area contributed by atoms with Crippen LogP contribution in [0.25, 0.3) is 10.9 Å². The standard InChI is InChI=1S/C17H24N4.CH2O2/c1-20(14-9-12-7-8-13(10-14)21(12)2)11-17-15-5-3-4-6-16(15)18-19-17;2-1-3/h3-6,12-14H,7-11H2,1-2H3,(H,18,19);1H,(H,2,3). The van der Waals surface area contributed by atoms with Crippen LogP contribution in [0.15, 0.2) is 24.3 Å². The van der Waals surface area contributed by atoms with Gasteiger partial charge in [0.15, 0.2) is 0 Å². The van der Waals surface area contributed by atoms with Crippen LogP contribution >= 0.6 is 0 Å². The molecule has 0 aliphatic carbocycles. The van der Waals surface area contributed by atoms with Crippen molar-refractivity contribution in [2.75, 3.05) is 14.1 Å². The van der Waals surface area contributed by atoms with E-state index in [1.807, 2.05) is 0 Å². The third kappa shape index (κ3) is 3.30. The molecule has 2 aromatic rings. The number of nitrogens with zero attached hydrogens (tertiary/aromatic N) is 3. The molecule has 2 aliphatic rings. The zero-order chi connectivity index (χ0) is 17.1. The minimum atomic E-state index is -0.250. The Morgan fingerprint density at radius 2 is 1.96 bits per heavy atom. The van der Waals surface area contributed by atoms with Gasteiger partial charge in [0.2, 0.25) is 0 Å². The van der Waals surface area contributed by atoms with Crippen LogP contribution in [-0.2, 0) is 11.3 Å². The van der Waals surface area contributed by atoms with E-state index in [2.05, 4.69) is 58.4 Å². The summed E-state index contributed by atoms with van der Waals surface area (Å²) >= 11 is 0. The summed E-state index contributed by atoms with van der Waals surface area (Å²) in [6.07, 6.45) is 5.39. The monoisotopic (exact) mass is 330 g/mol. The van der Waals surface area contributed by atoms with E-state index in [4.69, 9.17) is 9.90 Å². The van der Waals surface area contributed by atoms with E-state index in [-0.39, 0.29) is 6.47 Å². The van der Waals surface area contributed by atoms with Crippen molar-refractivity contribution in [2.45, 2.75) is 50.4 Å². The molecule has 2 fully saturated rings. The minimum Gasteiger partial charge on any atom is -0.483 e. The number of hydrogen-bond acceptors (Lipinski definition) is 4. The van der Waals surface area contributed by atoms with E-state index in [1.54, 1.807) is 0 Å². The van der Waals surface area contributed by atoms with Gasteiger partial charge in [-0.05, 0) is 45.8 Å². The van der Waals surface area contributed by atoms with Crippen LogP contribution < -0.4 is 0 Å². The van der Waals surface area contributed by atoms with Gasteiger partial charge in [0, 0.05) is 30.1 Å². The maximum atomic E-state index is 8.36. The first-order valence-corrected chi connectivity index (χ1v) is 8.56. The van der Waals surface area contributed by atoms with Crippen LogP contribution in [0.4, 0.5) is 0 Å². The molecule has 6 heteroatoms. The second kappa shape index (κ2) is 7.32. The van der Waals surface area contributed by atoms with Crippen molar-refractivity contribution in [3.8, 4) is 0 Å². The second-order valence-corrected chi connectivity index (χ2v) is 6.91. The van der Waals surface area contributed by atoms with Crippen molar-refractivity contribution in [1.82, 2.24) is 20.0 Å². The number of fused-ring (bicyclic) bond motifs is 3. The summed E-state index contributed by atoms with van der Waals surface area (Å²) in [5.41, 5.74) is 2.32. The number of para-hydroxylation sites is 1. The Bertz CT molecular complexity index is 672. The Kier molecular flexibility index (Phi) is 5.16. The van der Waals surface area contributed by atoms with Crippen molar-refractivity contribution >= 4 is 17.4 Å². The van der Waals surface area contributed by atoms with E-state index >= 15 is 0 Å². The summed E-state index contributed by atoms with van der Waals surface area (Å²) in [7, 11) is 4.57. The number of aromatic amines is 1. The number of H-pyrrole nitrogens is 1. The van der Waals surface area contributed by atoms with E-state index in [9.17, 15) is 0 Å². The van der Waals surface area contributed by atoms with Gasteiger partial charge in [-0.1, -0.05) is 18.2 Å². The fourth-order valence-corrected chi connectivity index (χ4v) is 4.25. The Hall–Kier alpha value is -1.92. The van der Waals surface area contributed by atoms with E-state index < -0.39 is 0 Å². The van der Waals surface area contributed by atoms with Gasteiger partial charge in [0.1, 0.15) is 0 Å². The normalized spacial score (nSPS) is 26.4. The van der Waals surface area contributed by atoms with E-state index in [0.29, 0.717) is 6.04 Å². The molecule has 2 bridgehead atoms. The Balaban J connectivity index is 0.000000526. The second-order valence-electron chi connectivity index (χ2n) is 6.91. The molecule has 6 nitrogen and oxygen atoms in total. The van der Waals surface area contributed by atoms with Gasteiger partial charge in [-0.2, -0.15) is 5.10 Å².